The highest BCUT2D eigenvalue weighted by Crippen LogP contribution is 2.12. The molecule has 1 aromatic rings. The summed E-state index contributed by atoms with van der Waals surface area (Å²) >= 11 is 0. The summed E-state index contributed by atoms with van der Waals surface area (Å²) < 4.78 is 23.9. The second kappa shape index (κ2) is 6.87. The predicted octanol–water partition coefficient (Wildman–Crippen LogP) is -1.37. The zero-order valence-electron chi connectivity index (χ0n) is 10.6. The molecule has 0 aliphatic heterocycles. The molecule has 20 heavy (non-hydrogen) atoms. The minimum atomic E-state index is -3.47. The molecular formula is C11H16N4O4S. The van der Waals surface area contributed by atoms with Crippen LogP contribution in [0, 0.1) is 0 Å². The summed E-state index contributed by atoms with van der Waals surface area (Å²) in [5.41, 5.74) is 10.7. The lowest BCUT2D eigenvalue weighted by molar-refractivity contribution is -0.117. The fourth-order valence-electron chi connectivity index (χ4n) is 1.43. The number of nitrogens with one attached hydrogen (secondary N) is 1. The number of benzene rings is 1. The molecule has 1 rings (SSSR count). The monoisotopic (exact) mass is 300 g/mol. The third-order valence-electron chi connectivity index (χ3n) is 2.46. The largest absolute Gasteiger partial charge is 0.409 e. The number of sulfone groups is 1. The average Bonchev–Trinajstić information content (AvgIpc) is 2.43. The zero-order valence-corrected chi connectivity index (χ0v) is 11.4. The van der Waals surface area contributed by atoms with E-state index in [4.69, 9.17) is 16.7 Å². The van der Waals surface area contributed by atoms with Gasteiger partial charge in [-0.1, -0.05) is 5.16 Å². The van der Waals surface area contributed by atoms with E-state index in [9.17, 15) is 13.2 Å². The molecule has 9 heteroatoms. The van der Waals surface area contributed by atoms with Crippen molar-refractivity contribution >= 4 is 21.6 Å². The average molecular weight is 300 g/mol. The summed E-state index contributed by atoms with van der Waals surface area (Å²) in [7, 11) is -3.47. The summed E-state index contributed by atoms with van der Waals surface area (Å²) in [4.78, 5) is 10.6. The number of oxime groups is 1. The number of amides is 1. The predicted molar refractivity (Wildman–Crippen MR) is 73.1 cm³/mol. The quantitative estimate of drug-likeness (QED) is 0.160. The number of nitrogens with two attached hydrogens (primary N) is 2. The number of hydrogen-bond donors (Lipinski definition) is 4. The summed E-state index contributed by atoms with van der Waals surface area (Å²) in [5, 5.41) is 13.9. The van der Waals surface area contributed by atoms with Crippen LogP contribution in [0.5, 0.6) is 0 Å². The highest BCUT2D eigenvalue weighted by Gasteiger charge is 2.14. The smallest absolute Gasteiger partial charge is 0.231 e. The van der Waals surface area contributed by atoms with E-state index in [1.165, 1.54) is 24.3 Å². The van der Waals surface area contributed by atoms with Crippen LogP contribution in [0.25, 0.3) is 0 Å². The minimum Gasteiger partial charge on any atom is -0.409 e. The maximum atomic E-state index is 12.0. The minimum absolute atomic E-state index is 0.0715. The Hall–Kier alpha value is -2.13. The molecular weight excluding hydrogens is 284 g/mol. The number of hydrogen-bond acceptors (Lipinski definition) is 6. The van der Waals surface area contributed by atoms with Crippen molar-refractivity contribution in [1.82, 2.24) is 5.32 Å². The van der Waals surface area contributed by atoms with Crippen LogP contribution in [-0.2, 0) is 14.6 Å². The molecule has 0 fully saturated rings. The number of rotatable bonds is 7. The number of carbonyl (C=O) groups is 1. The summed E-state index contributed by atoms with van der Waals surface area (Å²) in [6, 6.07) is 5.63. The first kappa shape index (κ1) is 15.9. The van der Waals surface area contributed by atoms with Gasteiger partial charge in [-0.25, -0.2) is 8.42 Å². The molecule has 0 saturated heterocycles. The Bertz CT molecular complexity index is 595. The van der Waals surface area contributed by atoms with Gasteiger partial charge in [0, 0.05) is 12.1 Å². The highest BCUT2D eigenvalue weighted by molar-refractivity contribution is 7.91. The molecule has 0 aliphatic carbocycles. The molecule has 8 nitrogen and oxygen atoms in total. The van der Waals surface area contributed by atoms with Crippen LogP contribution in [0.4, 0.5) is 0 Å². The topological polar surface area (TPSA) is 148 Å². The van der Waals surface area contributed by atoms with Crippen molar-refractivity contribution in [2.24, 2.45) is 16.6 Å². The fraction of sp³-hybridized carbons (Fsp3) is 0.273. The summed E-state index contributed by atoms with van der Waals surface area (Å²) in [6.45, 7) is 0.0468. The van der Waals surface area contributed by atoms with E-state index in [-0.39, 0.29) is 29.6 Å². The van der Waals surface area contributed by atoms with Crippen molar-refractivity contribution in [3.8, 4) is 0 Å². The van der Waals surface area contributed by atoms with E-state index >= 15 is 0 Å². The second-order valence-electron chi connectivity index (χ2n) is 3.97. The van der Waals surface area contributed by atoms with Gasteiger partial charge in [0.1, 0.15) is 0 Å². The van der Waals surface area contributed by atoms with Gasteiger partial charge in [-0.15, -0.1) is 0 Å². The first-order chi connectivity index (χ1) is 9.36. The Kier molecular flexibility index (Phi) is 5.47. The van der Waals surface area contributed by atoms with Gasteiger partial charge < -0.3 is 22.0 Å². The Morgan fingerprint density at radius 1 is 1.25 bits per heavy atom. The van der Waals surface area contributed by atoms with Gasteiger partial charge in [0.15, 0.2) is 15.7 Å². The van der Waals surface area contributed by atoms with Crippen LogP contribution in [-0.4, -0.2) is 44.2 Å². The van der Waals surface area contributed by atoms with E-state index < -0.39 is 15.7 Å². The van der Waals surface area contributed by atoms with Crippen molar-refractivity contribution in [1.29, 1.82) is 0 Å². The first-order valence-electron chi connectivity index (χ1n) is 5.66. The lowest BCUT2D eigenvalue weighted by Gasteiger charge is -2.06. The molecule has 1 aromatic carbocycles. The zero-order chi connectivity index (χ0) is 15.2. The Labute approximate surface area is 116 Å². The van der Waals surface area contributed by atoms with Crippen molar-refractivity contribution in [3.63, 3.8) is 0 Å². The molecule has 0 heterocycles. The molecule has 0 bridgehead atoms. The lowest BCUT2D eigenvalue weighted by atomic mass is 10.2. The van der Waals surface area contributed by atoms with E-state index in [1.807, 2.05) is 0 Å². The number of primary amides is 1. The van der Waals surface area contributed by atoms with E-state index in [1.54, 1.807) is 0 Å². The fourth-order valence-corrected chi connectivity index (χ4v) is 2.63. The normalized spacial score (nSPS) is 12.3. The third kappa shape index (κ3) is 4.52. The third-order valence-corrected chi connectivity index (χ3v) is 4.20. The molecule has 0 spiro atoms. The molecule has 0 aromatic heterocycles. The molecule has 1 amide bonds. The first-order valence-corrected chi connectivity index (χ1v) is 7.32. The Morgan fingerprint density at radius 2 is 1.85 bits per heavy atom. The molecule has 6 N–H and O–H groups in total. The van der Waals surface area contributed by atoms with Crippen molar-refractivity contribution in [3.05, 3.63) is 29.8 Å². The van der Waals surface area contributed by atoms with Gasteiger partial charge in [0.2, 0.25) is 5.91 Å². The molecule has 0 atom stereocenters. The van der Waals surface area contributed by atoms with Crippen LogP contribution in [0.1, 0.15) is 5.56 Å². The molecule has 0 unspecified atom stereocenters. The number of amidine groups is 1. The van der Waals surface area contributed by atoms with E-state index in [0.717, 1.165) is 0 Å². The second-order valence-corrected chi connectivity index (χ2v) is 6.08. The van der Waals surface area contributed by atoms with Crippen LogP contribution in [0.3, 0.4) is 0 Å². The summed E-state index contributed by atoms with van der Waals surface area (Å²) in [5.74, 6) is -0.814. The summed E-state index contributed by atoms with van der Waals surface area (Å²) in [6.07, 6.45) is 0. The highest BCUT2D eigenvalue weighted by atomic mass is 32.2. The molecule has 110 valence electrons. The van der Waals surface area contributed by atoms with Gasteiger partial charge in [-0.3, -0.25) is 4.79 Å². The maximum absolute atomic E-state index is 12.0. The van der Waals surface area contributed by atoms with E-state index in [2.05, 4.69) is 10.5 Å². The van der Waals surface area contributed by atoms with Crippen LogP contribution < -0.4 is 16.8 Å². The van der Waals surface area contributed by atoms with Crippen molar-refractivity contribution in [2.75, 3.05) is 18.8 Å². The van der Waals surface area contributed by atoms with Gasteiger partial charge in [-0.2, -0.15) is 0 Å². The van der Waals surface area contributed by atoms with Crippen molar-refractivity contribution < 1.29 is 18.4 Å². The molecule has 0 saturated carbocycles. The van der Waals surface area contributed by atoms with Crippen LogP contribution in [0.2, 0.25) is 0 Å². The SMILES string of the molecule is NC(=O)CNCCS(=O)(=O)c1ccc(/C(N)=N/O)cc1. The number of nitrogens with zero attached hydrogens (tertiary/aromatic N) is 1. The van der Waals surface area contributed by atoms with Crippen molar-refractivity contribution in [2.45, 2.75) is 4.90 Å². The van der Waals surface area contributed by atoms with Gasteiger partial charge >= 0.3 is 0 Å². The van der Waals surface area contributed by atoms with Gasteiger partial charge in [-0.05, 0) is 24.3 Å². The Balaban J connectivity index is 2.70. The molecule has 0 radical (unpaired) electrons. The standard InChI is InChI=1S/C11H16N4O4S/c12-10(16)7-14-5-6-20(18,19)9-3-1-8(2-4-9)11(13)15-17/h1-4,14,17H,5-7H2,(H2,12,16)(H2,13,15). The lowest BCUT2D eigenvalue weighted by Crippen LogP contribution is -2.32. The van der Waals surface area contributed by atoms with Gasteiger partial charge in [0.05, 0.1) is 17.2 Å². The molecule has 0 aliphatic rings. The van der Waals surface area contributed by atoms with Crippen LogP contribution >= 0.6 is 0 Å². The maximum Gasteiger partial charge on any atom is 0.231 e. The van der Waals surface area contributed by atoms with Gasteiger partial charge in [0.25, 0.3) is 0 Å². The van der Waals surface area contributed by atoms with Crippen LogP contribution in [0.15, 0.2) is 34.3 Å². The number of carbonyl (C=O) groups excluding carboxylic acids is 1. The Morgan fingerprint density at radius 3 is 2.35 bits per heavy atom. The van der Waals surface area contributed by atoms with E-state index in [0.29, 0.717) is 5.56 Å².